The molecule has 0 unspecified atom stereocenters. The summed E-state index contributed by atoms with van der Waals surface area (Å²) >= 11 is 12.4. The van der Waals surface area contributed by atoms with E-state index in [1.165, 1.54) is 0 Å². The van der Waals surface area contributed by atoms with Gasteiger partial charge in [-0.25, -0.2) is 0 Å². The molecule has 1 aromatic heterocycles. The van der Waals surface area contributed by atoms with E-state index >= 15 is 0 Å². The molecular formula is C16H12Cl2N2O. The molecule has 0 aliphatic rings. The standard InChI is InChI=1S/C16H12Cl2N2O/c17-12-4-6-15(16-11(12)2-1-7-20-16)21-14-5-3-10(9-19)8-13(14)18/h1-8H,9,19H2. The van der Waals surface area contributed by atoms with E-state index in [2.05, 4.69) is 4.98 Å². The minimum absolute atomic E-state index is 0.436. The SMILES string of the molecule is NCc1ccc(Oc2ccc(Cl)c3cccnc23)c(Cl)c1. The van der Waals surface area contributed by atoms with Crippen LogP contribution >= 0.6 is 23.2 Å². The maximum atomic E-state index is 6.21. The zero-order valence-electron chi connectivity index (χ0n) is 11.0. The second-order valence-corrected chi connectivity index (χ2v) is 5.33. The number of nitrogens with two attached hydrogens (primary N) is 1. The largest absolute Gasteiger partial charge is 0.454 e. The lowest BCUT2D eigenvalue weighted by molar-refractivity contribution is 0.487. The van der Waals surface area contributed by atoms with Crippen LogP contribution in [0.5, 0.6) is 11.5 Å². The quantitative estimate of drug-likeness (QED) is 0.755. The number of fused-ring (bicyclic) bond motifs is 1. The highest BCUT2D eigenvalue weighted by Gasteiger charge is 2.10. The van der Waals surface area contributed by atoms with Crippen molar-refractivity contribution in [2.45, 2.75) is 6.54 Å². The molecule has 2 aromatic carbocycles. The van der Waals surface area contributed by atoms with Gasteiger partial charge in [-0.05, 0) is 42.0 Å². The Balaban J connectivity index is 2.04. The van der Waals surface area contributed by atoms with E-state index in [1.54, 1.807) is 30.5 Å². The minimum atomic E-state index is 0.436. The van der Waals surface area contributed by atoms with Gasteiger partial charge in [0.2, 0.25) is 0 Å². The molecule has 0 fully saturated rings. The predicted octanol–water partition coefficient (Wildman–Crippen LogP) is 4.79. The zero-order chi connectivity index (χ0) is 14.8. The number of nitrogens with zero attached hydrogens (tertiary/aromatic N) is 1. The van der Waals surface area contributed by atoms with Crippen molar-refractivity contribution in [3.8, 4) is 11.5 Å². The van der Waals surface area contributed by atoms with Crippen molar-refractivity contribution < 1.29 is 4.74 Å². The summed E-state index contributed by atoms with van der Waals surface area (Å²) in [6, 6.07) is 12.8. The summed E-state index contributed by atoms with van der Waals surface area (Å²) in [7, 11) is 0. The molecule has 0 amide bonds. The fourth-order valence-corrected chi connectivity index (χ4v) is 2.52. The Hall–Kier alpha value is -1.81. The summed E-state index contributed by atoms with van der Waals surface area (Å²) in [5.41, 5.74) is 7.24. The molecule has 0 radical (unpaired) electrons. The van der Waals surface area contributed by atoms with Gasteiger partial charge in [0.25, 0.3) is 0 Å². The molecule has 0 saturated carbocycles. The lowest BCUT2D eigenvalue weighted by Crippen LogP contribution is -1.96. The first-order valence-electron chi connectivity index (χ1n) is 6.38. The second-order valence-electron chi connectivity index (χ2n) is 4.52. The van der Waals surface area contributed by atoms with Crippen LogP contribution in [0, 0.1) is 0 Å². The van der Waals surface area contributed by atoms with Crippen LogP contribution in [-0.2, 0) is 6.54 Å². The van der Waals surface area contributed by atoms with E-state index in [1.807, 2.05) is 18.2 Å². The Labute approximate surface area is 132 Å². The van der Waals surface area contributed by atoms with Crippen molar-refractivity contribution in [2.75, 3.05) is 0 Å². The molecular weight excluding hydrogens is 307 g/mol. The van der Waals surface area contributed by atoms with E-state index in [-0.39, 0.29) is 0 Å². The fraction of sp³-hybridized carbons (Fsp3) is 0.0625. The number of halogens is 2. The minimum Gasteiger partial charge on any atom is -0.454 e. The van der Waals surface area contributed by atoms with E-state index in [4.69, 9.17) is 33.7 Å². The van der Waals surface area contributed by atoms with Crippen molar-refractivity contribution in [3.63, 3.8) is 0 Å². The molecule has 0 atom stereocenters. The van der Waals surface area contributed by atoms with Crippen molar-refractivity contribution >= 4 is 34.1 Å². The van der Waals surface area contributed by atoms with Crippen LogP contribution in [0.3, 0.4) is 0 Å². The average molecular weight is 319 g/mol. The first-order valence-corrected chi connectivity index (χ1v) is 7.14. The summed E-state index contributed by atoms with van der Waals surface area (Å²) in [4.78, 5) is 4.33. The lowest BCUT2D eigenvalue weighted by atomic mass is 10.2. The van der Waals surface area contributed by atoms with Crippen LogP contribution in [0.4, 0.5) is 0 Å². The molecule has 0 spiro atoms. The predicted molar refractivity (Wildman–Crippen MR) is 86.2 cm³/mol. The van der Waals surface area contributed by atoms with Gasteiger partial charge in [-0.15, -0.1) is 0 Å². The Morgan fingerprint density at radius 1 is 1.00 bits per heavy atom. The van der Waals surface area contributed by atoms with Gasteiger partial charge in [-0.3, -0.25) is 4.98 Å². The Kier molecular flexibility index (Phi) is 3.97. The molecule has 1 heterocycles. The Morgan fingerprint density at radius 3 is 2.57 bits per heavy atom. The number of hydrogen-bond acceptors (Lipinski definition) is 3. The topological polar surface area (TPSA) is 48.1 Å². The number of pyridine rings is 1. The molecule has 21 heavy (non-hydrogen) atoms. The monoisotopic (exact) mass is 318 g/mol. The average Bonchev–Trinajstić information content (AvgIpc) is 2.52. The molecule has 2 N–H and O–H groups in total. The summed E-state index contributed by atoms with van der Waals surface area (Å²) in [6.45, 7) is 0.436. The second kappa shape index (κ2) is 5.90. The van der Waals surface area contributed by atoms with Gasteiger partial charge in [0.05, 0.1) is 10.0 Å². The van der Waals surface area contributed by atoms with Crippen molar-refractivity contribution in [2.24, 2.45) is 5.73 Å². The van der Waals surface area contributed by atoms with Gasteiger partial charge >= 0.3 is 0 Å². The van der Waals surface area contributed by atoms with E-state index in [0.717, 1.165) is 10.9 Å². The van der Waals surface area contributed by atoms with Crippen LogP contribution in [0.15, 0.2) is 48.7 Å². The summed E-state index contributed by atoms with van der Waals surface area (Å²) in [6.07, 6.45) is 1.70. The van der Waals surface area contributed by atoms with Gasteiger partial charge < -0.3 is 10.5 Å². The van der Waals surface area contributed by atoms with Crippen LogP contribution in [0.25, 0.3) is 10.9 Å². The van der Waals surface area contributed by atoms with Crippen LogP contribution in [0.1, 0.15) is 5.56 Å². The lowest BCUT2D eigenvalue weighted by Gasteiger charge is -2.11. The maximum absolute atomic E-state index is 6.21. The molecule has 5 heteroatoms. The van der Waals surface area contributed by atoms with E-state index < -0.39 is 0 Å². The third kappa shape index (κ3) is 2.81. The molecule has 0 aliphatic carbocycles. The smallest absolute Gasteiger partial charge is 0.153 e. The highest BCUT2D eigenvalue weighted by molar-refractivity contribution is 6.35. The van der Waals surface area contributed by atoms with Gasteiger partial charge in [0.1, 0.15) is 11.3 Å². The molecule has 0 bridgehead atoms. The van der Waals surface area contributed by atoms with Crippen LogP contribution in [-0.4, -0.2) is 4.98 Å². The maximum Gasteiger partial charge on any atom is 0.153 e. The van der Waals surface area contributed by atoms with Crippen molar-refractivity contribution in [3.05, 3.63) is 64.3 Å². The zero-order valence-corrected chi connectivity index (χ0v) is 12.5. The Bertz CT molecular complexity index is 805. The van der Waals surface area contributed by atoms with Gasteiger partial charge in [-0.2, -0.15) is 0 Å². The van der Waals surface area contributed by atoms with Gasteiger partial charge in [0, 0.05) is 18.1 Å². The van der Waals surface area contributed by atoms with Crippen LogP contribution in [0.2, 0.25) is 10.0 Å². The van der Waals surface area contributed by atoms with Gasteiger partial charge in [0.15, 0.2) is 5.75 Å². The number of ether oxygens (including phenoxy) is 1. The number of aromatic nitrogens is 1. The van der Waals surface area contributed by atoms with Crippen LogP contribution < -0.4 is 10.5 Å². The molecule has 3 nitrogen and oxygen atoms in total. The molecule has 3 rings (SSSR count). The Morgan fingerprint density at radius 2 is 1.81 bits per heavy atom. The van der Waals surface area contributed by atoms with E-state index in [0.29, 0.717) is 33.6 Å². The first-order chi connectivity index (χ1) is 10.2. The van der Waals surface area contributed by atoms with Crippen molar-refractivity contribution in [1.82, 2.24) is 4.98 Å². The number of rotatable bonds is 3. The molecule has 0 saturated heterocycles. The third-order valence-corrected chi connectivity index (χ3v) is 3.76. The summed E-state index contributed by atoms with van der Waals surface area (Å²) < 4.78 is 5.88. The summed E-state index contributed by atoms with van der Waals surface area (Å²) in [5, 5.41) is 1.98. The van der Waals surface area contributed by atoms with Gasteiger partial charge in [-0.1, -0.05) is 29.3 Å². The highest BCUT2D eigenvalue weighted by Crippen LogP contribution is 2.35. The third-order valence-electron chi connectivity index (χ3n) is 3.13. The molecule has 0 aliphatic heterocycles. The molecule has 106 valence electrons. The highest BCUT2D eigenvalue weighted by atomic mass is 35.5. The number of benzene rings is 2. The number of hydrogen-bond donors (Lipinski definition) is 1. The van der Waals surface area contributed by atoms with E-state index in [9.17, 15) is 0 Å². The molecule has 3 aromatic rings. The summed E-state index contributed by atoms with van der Waals surface area (Å²) in [5.74, 6) is 1.17. The normalized spacial score (nSPS) is 10.8. The fourth-order valence-electron chi connectivity index (χ4n) is 2.07. The van der Waals surface area contributed by atoms with Crippen molar-refractivity contribution in [1.29, 1.82) is 0 Å². The first kappa shape index (κ1) is 14.1.